The lowest BCUT2D eigenvalue weighted by Gasteiger charge is -2.19. The highest BCUT2D eigenvalue weighted by Gasteiger charge is 2.14. The van der Waals surface area contributed by atoms with E-state index < -0.39 is 0 Å². The van der Waals surface area contributed by atoms with Crippen LogP contribution in [-0.4, -0.2) is 44.0 Å². The average Bonchev–Trinajstić information content (AvgIpc) is 2.70. The second kappa shape index (κ2) is 10.0. The molecule has 0 atom stereocenters. The topological polar surface area (TPSA) is 67.9 Å². The number of nitrogens with one attached hydrogen (secondary N) is 1. The predicted octanol–water partition coefficient (Wildman–Crippen LogP) is 3.20. The molecule has 2 aromatic rings. The molecule has 0 unspecified atom stereocenters. The van der Waals surface area contributed by atoms with Crippen LogP contribution in [-0.2, 0) is 9.59 Å². The quantitative estimate of drug-likeness (QED) is 0.727. The minimum absolute atomic E-state index is 0.0458. The number of ether oxygens (including phenoxy) is 2. The Balaban J connectivity index is 1.99. The molecule has 0 bridgehead atoms. The summed E-state index contributed by atoms with van der Waals surface area (Å²) < 4.78 is 10.4. The van der Waals surface area contributed by atoms with Crippen LogP contribution in [0.1, 0.15) is 12.5 Å². The summed E-state index contributed by atoms with van der Waals surface area (Å²) in [5, 5.41) is 2.77. The van der Waals surface area contributed by atoms with Gasteiger partial charge in [-0.2, -0.15) is 0 Å². The standard InChI is InChI=1S/C21H24N2O4/c1-4-23(15-20(24)22-18-10-5-6-11-19(18)27-3)21(25)13-12-16-8-7-9-17(14-16)26-2/h5-14H,4,15H2,1-3H3,(H,22,24)/b13-12+. The average molecular weight is 368 g/mol. The summed E-state index contributed by atoms with van der Waals surface area (Å²) in [6.07, 6.45) is 3.15. The molecule has 1 N–H and O–H groups in total. The zero-order valence-corrected chi connectivity index (χ0v) is 15.8. The Morgan fingerprint density at radius 1 is 1.07 bits per heavy atom. The third-order valence-electron chi connectivity index (χ3n) is 3.92. The minimum Gasteiger partial charge on any atom is -0.497 e. The summed E-state index contributed by atoms with van der Waals surface area (Å²) in [6.45, 7) is 2.20. The molecule has 0 aliphatic carbocycles. The van der Waals surface area contributed by atoms with Crippen molar-refractivity contribution in [2.45, 2.75) is 6.92 Å². The van der Waals surface area contributed by atoms with Crippen molar-refractivity contribution < 1.29 is 19.1 Å². The molecule has 2 rings (SSSR count). The van der Waals surface area contributed by atoms with Crippen LogP contribution in [0.15, 0.2) is 54.6 Å². The first-order chi connectivity index (χ1) is 13.1. The number of benzene rings is 2. The number of hydrogen-bond donors (Lipinski definition) is 1. The van der Waals surface area contributed by atoms with Gasteiger partial charge >= 0.3 is 0 Å². The lowest BCUT2D eigenvalue weighted by Crippen LogP contribution is -2.36. The largest absolute Gasteiger partial charge is 0.497 e. The van der Waals surface area contributed by atoms with Crippen molar-refractivity contribution in [1.29, 1.82) is 0 Å². The first-order valence-electron chi connectivity index (χ1n) is 8.61. The highest BCUT2D eigenvalue weighted by molar-refractivity contribution is 5.98. The highest BCUT2D eigenvalue weighted by Crippen LogP contribution is 2.22. The maximum absolute atomic E-state index is 12.4. The molecule has 0 saturated carbocycles. The molecule has 2 aromatic carbocycles. The Kier molecular flexibility index (Phi) is 7.43. The number of carbonyl (C=O) groups excluding carboxylic acids is 2. The second-order valence-electron chi connectivity index (χ2n) is 5.71. The van der Waals surface area contributed by atoms with Gasteiger partial charge in [-0.05, 0) is 42.8 Å². The van der Waals surface area contributed by atoms with E-state index in [-0.39, 0.29) is 18.4 Å². The molecule has 0 aliphatic rings. The second-order valence-corrected chi connectivity index (χ2v) is 5.71. The lowest BCUT2D eigenvalue weighted by atomic mass is 10.2. The smallest absolute Gasteiger partial charge is 0.247 e. The summed E-state index contributed by atoms with van der Waals surface area (Å²) in [5.41, 5.74) is 1.41. The molecule has 142 valence electrons. The van der Waals surface area contributed by atoms with Gasteiger partial charge in [0.1, 0.15) is 18.0 Å². The van der Waals surface area contributed by atoms with Gasteiger partial charge in [-0.3, -0.25) is 9.59 Å². The van der Waals surface area contributed by atoms with Crippen molar-refractivity contribution in [2.24, 2.45) is 0 Å². The Bertz CT molecular complexity index is 817. The van der Waals surface area contributed by atoms with Gasteiger partial charge in [-0.25, -0.2) is 0 Å². The van der Waals surface area contributed by atoms with E-state index in [1.165, 1.54) is 18.1 Å². The Morgan fingerprint density at radius 3 is 2.56 bits per heavy atom. The number of likely N-dealkylation sites (N-methyl/N-ethyl adjacent to an activating group) is 1. The van der Waals surface area contributed by atoms with Crippen LogP contribution in [0.5, 0.6) is 11.5 Å². The number of amides is 2. The van der Waals surface area contributed by atoms with E-state index >= 15 is 0 Å². The maximum Gasteiger partial charge on any atom is 0.247 e. The first-order valence-corrected chi connectivity index (χ1v) is 8.61. The van der Waals surface area contributed by atoms with Crippen molar-refractivity contribution in [3.63, 3.8) is 0 Å². The molecule has 27 heavy (non-hydrogen) atoms. The summed E-state index contributed by atoms with van der Waals surface area (Å²) in [6, 6.07) is 14.5. The summed E-state index contributed by atoms with van der Waals surface area (Å²) >= 11 is 0. The van der Waals surface area contributed by atoms with E-state index in [0.29, 0.717) is 23.7 Å². The van der Waals surface area contributed by atoms with E-state index in [1.54, 1.807) is 31.4 Å². The highest BCUT2D eigenvalue weighted by atomic mass is 16.5. The van der Waals surface area contributed by atoms with E-state index in [4.69, 9.17) is 9.47 Å². The molecule has 0 heterocycles. The number of carbonyl (C=O) groups is 2. The Labute approximate surface area is 159 Å². The van der Waals surface area contributed by atoms with Gasteiger partial charge in [0.05, 0.1) is 19.9 Å². The van der Waals surface area contributed by atoms with Crippen molar-refractivity contribution in [3.05, 3.63) is 60.2 Å². The molecule has 2 amide bonds. The van der Waals surface area contributed by atoms with Crippen LogP contribution in [0, 0.1) is 0 Å². The number of para-hydroxylation sites is 2. The van der Waals surface area contributed by atoms with Crippen LogP contribution in [0.25, 0.3) is 6.08 Å². The van der Waals surface area contributed by atoms with Gasteiger partial charge in [-0.15, -0.1) is 0 Å². The fourth-order valence-electron chi connectivity index (χ4n) is 2.47. The van der Waals surface area contributed by atoms with E-state index in [2.05, 4.69) is 5.32 Å². The zero-order chi connectivity index (χ0) is 19.6. The zero-order valence-electron chi connectivity index (χ0n) is 15.8. The van der Waals surface area contributed by atoms with E-state index in [0.717, 1.165) is 5.56 Å². The molecular formula is C21H24N2O4. The van der Waals surface area contributed by atoms with Gasteiger partial charge < -0.3 is 19.7 Å². The van der Waals surface area contributed by atoms with Crippen molar-refractivity contribution in [1.82, 2.24) is 4.90 Å². The third kappa shape index (κ3) is 5.88. The van der Waals surface area contributed by atoms with Crippen molar-refractivity contribution in [3.8, 4) is 11.5 Å². The number of nitrogens with zero attached hydrogens (tertiary/aromatic N) is 1. The molecule has 0 saturated heterocycles. The van der Waals surface area contributed by atoms with Crippen molar-refractivity contribution >= 4 is 23.6 Å². The number of rotatable bonds is 8. The van der Waals surface area contributed by atoms with Crippen molar-refractivity contribution in [2.75, 3.05) is 32.6 Å². The number of anilines is 1. The predicted molar refractivity (Wildman–Crippen MR) is 106 cm³/mol. The van der Waals surface area contributed by atoms with Crippen LogP contribution >= 0.6 is 0 Å². The lowest BCUT2D eigenvalue weighted by molar-refractivity contribution is -0.130. The maximum atomic E-state index is 12.4. The van der Waals surface area contributed by atoms with Crippen LogP contribution in [0.4, 0.5) is 5.69 Å². The summed E-state index contributed by atoms with van der Waals surface area (Å²) in [4.78, 5) is 26.2. The van der Waals surface area contributed by atoms with Gasteiger partial charge in [0.15, 0.2) is 0 Å². The van der Waals surface area contributed by atoms with Crippen LogP contribution < -0.4 is 14.8 Å². The summed E-state index contributed by atoms with van der Waals surface area (Å²) in [7, 11) is 3.13. The normalized spacial score (nSPS) is 10.5. The Morgan fingerprint density at radius 2 is 1.85 bits per heavy atom. The molecule has 0 spiro atoms. The molecular weight excluding hydrogens is 344 g/mol. The molecule has 0 fully saturated rings. The Hall–Kier alpha value is -3.28. The number of hydrogen-bond acceptors (Lipinski definition) is 4. The van der Waals surface area contributed by atoms with Crippen LogP contribution in [0.3, 0.4) is 0 Å². The monoisotopic (exact) mass is 368 g/mol. The summed E-state index contributed by atoms with van der Waals surface area (Å²) in [5.74, 6) is 0.756. The minimum atomic E-state index is -0.288. The molecule has 6 nitrogen and oxygen atoms in total. The molecule has 6 heteroatoms. The molecule has 0 aromatic heterocycles. The molecule has 0 aliphatic heterocycles. The van der Waals surface area contributed by atoms with Crippen LogP contribution in [0.2, 0.25) is 0 Å². The fourth-order valence-corrected chi connectivity index (χ4v) is 2.47. The SMILES string of the molecule is CCN(CC(=O)Nc1ccccc1OC)C(=O)/C=C/c1cccc(OC)c1. The first kappa shape index (κ1) is 20.0. The molecule has 0 radical (unpaired) electrons. The van der Waals surface area contributed by atoms with E-state index in [9.17, 15) is 9.59 Å². The van der Waals surface area contributed by atoms with E-state index in [1.807, 2.05) is 37.3 Å². The van der Waals surface area contributed by atoms with Gasteiger partial charge in [0.25, 0.3) is 0 Å². The van der Waals surface area contributed by atoms with Gasteiger partial charge in [0, 0.05) is 12.6 Å². The fraction of sp³-hybridized carbons (Fsp3) is 0.238. The van der Waals surface area contributed by atoms with Gasteiger partial charge in [-0.1, -0.05) is 24.3 Å². The van der Waals surface area contributed by atoms with Gasteiger partial charge in [0.2, 0.25) is 11.8 Å². The third-order valence-corrected chi connectivity index (χ3v) is 3.92. The number of methoxy groups -OCH3 is 2.